The van der Waals surface area contributed by atoms with Gasteiger partial charge in [0, 0.05) is 31.1 Å². The molecule has 2 atom stereocenters. The zero-order chi connectivity index (χ0) is 14.3. The number of carbonyl (C=O) groups is 1. The van der Waals surface area contributed by atoms with Crippen LogP contribution in [0, 0.1) is 5.92 Å². The highest BCUT2D eigenvalue weighted by atomic mass is 32.2. The Hall–Kier alpha value is -0.660. The average Bonchev–Trinajstić information content (AvgIpc) is 2.25. The van der Waals surface area contributed by atoms with Crippen LogP contribution in [0.1, 0.15) is 40.0 Å². The Kier molecular flexibility index (Phi) is 3.90. The van der Waals surface area contributed by atoms with Gasteiger partial charge in [-0.15, -0.1) is 0 Å². The predicted octanol–water partition coefficient (Wildman–Crippen LogP) is 0.220. The molecule has 2 fully saturated rings. The Balaban J connectivity index is 2.03. The van der Waals surface area contributed by atoms with E-state index in [0.29, 0.717) is 25.9 Å². The summed E-state index contributed by atoms with van der Waals surface area (Å²) in [6.45, 7) is 6.46. The number of hydrogen-bond donors (Lipinski definition) is 2. The van der Waals surface area contributed by atoms with Gasteiger partial charge in [-0.25, -0.2) is 0 Å². The minimum atomic E-state index is -3.43. The molecule has 0 radical (unpaired) electrons. The van der Waals surface area contributed by atoms with Gasteiger partial charge < -0.3 is 5.32 Å². The second-order valence-corrected chi connectivity index (χ2v) is 8.15. The number of carbonyl (C=O) groups excluding carboxylic acids is 1. The molecule has 2 heterocycles. The van der Waals surface area contributed by atoms with Crippen molar-refractivity contribution in [3.63, 3.8) is 0 Å². The Bertz CT molecular complexity index is 455. The number of rotatable bonds is 2. The van der Waals surface area contributed by atoms with E-state index in [-0.39, 0.29) is 17.9 Å². The van der Waals surface area contributed by atoms with Crippen molar-refractivity contribution >= 4 is 16.1 Å². The molecular weight excluding hydrogens is 266 g/mol. The first-order valence-corrected chi connectivity index (χ1v) is 8.20. The highest BCUT2D eigenvalue weighted by Crippen LogP contribution is 2.26. The van der Waals surface area contributed by atoms with Gasteiger partial charge in [-0.3, -0.25) is 4.79 Å². The van der Waals surface area contributed by atoms with Crippen LogP contribution in [-0.2, 0) is 15.0 Å². The molecule has 0 aromatic heterocycles. The number of fused-ring (bicyclic) bond motifs is 1. The minimum Gasteiger partial charge on any atom is -0.353 e. The summed E-state index contributed by atoms with van der Waals surface area (Å²) >= 11 is 0. The number of piperidine rings is 2. The maximum atomic E-state index is 12.3. The van der Waals surface area contributed by atoms with Crippen molar-refractivity contribution in [1.82, 2.24) is 14.3 Å². The van der Waals surface area contributed by atoms with Gasteiger partial charge in [-0.05, 0) is 39.5 Å². The van der Waals surface area contributed by atoms with Gasteiger partial charge in [0.2, 0.25) is 5.91 Å². The third kappa shape index (κ3) is 3.67. The Morgan fingerprint density at radius 1 is 1.32 bits per heavy atom. The third-order valence-corrected chi connectivity index (χ3v) is 5.44. The van der Waals surface area contributed by atoms with Crippen LogP contribution in [0.4, 0.5) is 0 Å². The molecule has 2 N–H and O–H groups in total. The summed E-state index contributed by atoms with van der Waals surface area (Å²) in [7, 11) is -3.43. The topological polar surface area (TPSA) is 78.5 Å². The van der Waals surface area contributed by atoms with Crippen LogP contribution in [0.3, 0.4) is 0 Å². The van der Waals surface area contributed by atoms with Gasteiger partial charge in [0.15, 0.2) is 0 Å². The lowest BCUT2D eigenvalue weighted by atomic mass is 9.86. The first kappa shape index (κ1) is 14.7. The molecule has 0 aromatic carbocycles. The molecule has 6 nitrogen and oxygen atoms in total. The molecule has 1 amide bonds. The molecule has 0 aromatic rings. The van der Waals surface area contributed by atoms with E-state index >= 15 is 0 Å². The Labute approximate surface area is 115 Å². The summed E-state index contributed by atoms with van der Waals surface area (Å²) in [6, 6.07) is 0.141. The molecule has 2 unspecified atom stereocenters. The Morgan fingerprint density at radius 3 is 2.63 bits per heavy atom. The van der Waals surface area contributed by atoms with E-state index in [1.165, 1.54) is 4.31 Å². The second-order valence-electron chi connectivity index (χ2n) is 6.48. The predicted molar refractivity (Wildman–Crippen MR) is 72.7 cm³/mol. The van der Waals surface area contributed by atoms with Gasteiger partial charge in [-0.2, -0.15) is 17.4 Å². The van der Waals surface area contributed by atoms with E-state index in [2.05, 4.69) is 10.0 Å². The number of amides is 1. The summed E-state index contributed by atoms with van der Waals surface area (Å²) in [5.41, 5.74) is -0.476. The molecular formula is C12H23N3O3S. The van der Waals surface area contributed by atoms with Crippen molar-refractivity contribution in [3.05, 3.63) is 0 Å². The molecule has 0 saturated carbocycles. The molecule has 2 saturated heterocycles. The van der Waals surface area contributed by atoms with E-state index in [4.69, 9.17) is 0 Å². The maximum absolute atomic E-state index is 12.3. The van der Waals surface area contributed by atoms with E-state index in [1.54, 1.807) is 0 Å². The first-order valence-electron chi connectivity index (χ1n) is 6.76. The molecule has 110 valence electrons. The number of hydrogen-bond acceptors (Lipinski definition) is 3. The molecule has 0 spiro atoms. The van der Waals surface area contributed by atoms with E-state index in [1.807, 2.05) is 20.8 Å². The maximum Gasteiger partial charge on any atom is 0.279 e. The average molecular weight is 289 g/mol. The summed E-state index contributed by atoms with van der Waals surface area (Å²) < 4.78 is 28.7. The molecule has 2 rings (SSSR count). The van der Waals surface area contributed by atoms with Gasteiger partial charge >= 0.3 is 0 Å². The van der Waals surface area contributed by atoms with E-state index < -0.39 is 15.7 Å². The largest absolute Gasteiger partial charge is 0.353 e. The molecule has 2 aliphatic heterocycles. The van der Waals surface area contributed by atoms with Gasteiger partial charge in [-0.1, -0.05) is 0 Å². The van der Waals surface area contributed by atoms with Crippen LogP contribution in [-0.4, -0.2) is 43.3 Å². The first-order chi connectivity index (χ1) is 8.67. The normalized spacial score (nSPS) is 29.7. The van der Waals surface area contributed by atoms with Gasteiger partial charge in [0.1, 0.15) is 0 Å². The monoisotopic (exact) mass is 289 g/mol. The summed E-state index contributed by atoms with van der Waals surface area (Å²) in [6.07, 6.45) is 1.97. The van der Waals surface area contributed by atoms with Crippen LogP contribution in [0.25, 0.3) is 0 Å². The fourth-order valence-electron chi connectivity index (χ4n) is 2.75. The van der Waals surface area contributed by atoms with Gasteiger partial charge in [0.25, 0.3) is 10.2 Å². The molecule has 0 bridgehead atoms. The second kappa shape index (κ2) is 5.03. The highest BCUT2D eigenvalue weighted by Gasteiger charge is 2.38. The summed E-state index contributed by atoms with van der Waals surface area (Å²) in [5.74, 6) is 0.327. The number of nitrogens with one attached hydrogen (secondary N) is 2. The van der Waals surface area contributed by atoms with Crippen LogP contribution in [0.5, 0.6) is 0 Å². The van der Waals surface area contributed by atoms with Crippen LogP contribution in [0.2, 0.25) is 0 Å². The smallest absolute Gasteiger partial charge is 0.279 e. The van der Waals surface area contributed by atoms with Crippen molar-refractivity contribution < 1.29 is 13.2 Å². The van der Waals surface area contributed by atoms with Crippen LogP contribution >= 0.6 is 0 Å². The van der Waals surface area contributed by atoms with Crippen molar-refractivity contribution in [1.29, 1.82) is 0 Å². The zero-order valence-electron chi connectivity index (χ0n) is 11.8. The fraction of sp³-hybridized carbons (Fsp3) is 0.917. The zero-order valence-corrected chi connectivity index (χ0v) is 12.6. The summed E-state index contributed by atoms with van der Waals surface area (Å²) in [5, 5.41) is 2.96. The summed E-state index contributed by atoms with van der Waals surface area (Å²) in [4.78, 5) is 11.3. The van der Waals surface area contributed by atoms with Crippen molar-refractivity contribution in [2.75, 3.05) is 13.1 Å². The third-order valence-electron chi connectivity index (χ3n) is 3.56. The molecule has 0 aliphatic carbocycles. The SMILES string of the molecule is CC(C)(C)NS(=O)(=O)N1CCC2NC(=O)CCC2C1. The van der Waals surface area contributed by atoms with Crippen LogP contribution < -0.4 is 10.0 Å². The Morgan fingerprint density at radius 2 is 2.00 bits per heavy atom. The van der Waals surface area contributed by atoms with Crippen molar-refractivity contribution in [3.8, 4) is 0 Å². The fourth-order valence-corrected chi connectivity index (χ4v) is 4.38. The standard InChI is InChI=1S/C12H23N3O3S/c1-12(2,3)14-19(17,18)15-7-6-10-9(8-15)4-5-11(16)13-10/h9-10,14H,4-8H2,1-3H3,(H,13,16). The number of nitrogens with zero attached hydrogens (tertiary/aromatic N) is 1. The lowest BCUT2D eigenvalue weighted by Gasteiger charge is -2.41. The van der Waals surface area contributed by atoms with Crippen molar-refractivity contribution in [2.24, 2.45) is 5.92 Å². The van der Waals surface area contributed by atoms with Gasteiger partial charge in [0.05, 0.1) is 0 Å². The molecule has 2 aliphatic rings. The quantitative estimate of drug-likeness (QED) is 0.763. The molecule has 7 heteroatoms. The van der Waals surface area contributed by atoms with Crippen LogP contribution in [0.15, 0.2) is 0 Å². The van der Waals surface area contributed by atoms with E-state index in [0.717, 1.165) is 6.42 Å². The minimum absolute atomic E-state index is 0.0883. The molecule has 19 heavy (non-hydrogen) atoms. The lowest BCUT2D eigenvalue weighted by Crippen LogP contribution is -2.58. The van der Waals surface area contributed by atoms with E-state index in [9.17, 15) is 13.2 Å². The highest BCUT2D eigenvalue weighted by molar-refractivity contribution is 7.87. The lowest BCUT2D eigenvalue weighted by molar-refractivity contribution is -0.124. The van der Waals surface area contributed by atoms with Crippen molar-refractivity contribution in [2.45, 2.75) is 51.6 Å².